The average molecular weight is 383 g/mol. The Hall–Kier alpha value is -3.92. The number of imidazole rings is 1. The number of rotatable bonds is 2. The fraction of sp³-hybridized carbons (Fsp3) is 0. The molecule has 0 saturated carbocycles. The minimum absolute atomic E-state index is 0.941. The zero-order valence-corrected chi connectivity index (χ0v) is 16.6. The first kappa shape index (κ1) is 17.0. The Morgan fingerprint density at radius 3 is 2.07 bits per heavy atom. The molecule has 6 aromatic rings. The Bertz CT molecular complexity index is 1530. The molecule has 3 nitrogen and oxygen atoms in total. The highest BCUT2D eigenvalue weighted by molar-refractivity contribution is 6.32. The van der Waals surface area contributed by atoms with Crippen LogP contribution >= 0.6 is 0 Å². The van der Waals surface area contributed by atoms with Gasteiger partial charge in [0.15, 0.2) is 0 Å². The monoisotopic (exact) mass is 383 g/mol. The van der Waals surface area contributed by atoms with Gasteiger partial charge in [-0.05, 0) is 24.3 Å². The van der Waals surface area contributed by atoms with E-state index < -0.39 is 0 Å². The Morgan fingerprint density at radius 1 is 0.633 bits per heavy atom. The zero-order valence-electron chi connectivity index (χ0n) is 16.6. The molecule has 4 heteroatoms. The summed E-state index contributed by atoms with van der Waals surface area (Å²) in [4.78, 5) is 9.94. The maximum Gasteiger partial charge on any atom is 0.145 e. The van der Waals surface area contributed by atoms with E-state index in [2.05, 4.69) is 91.3 Å². The summed E-state index contributed by atoms with van der Waals surface area (Å²) >= 11 is 0. The average Bonchev–Trinajstić information content (AvgIpc) is 3.21. The molecule has 0 N–H and O–H groups in total. The van der Waals surface area contributed by atoms with Gasteiger partial charge in [0.05, 0.1) is 16.6 Å². The molecule has 6 rings (SSSR count). The quantitative estimate of drug-likeness (QED) is 0.322. The van der Waals surface area contributed by atoms with Crippen LogP contribution in [0.2, 0.25) is 0 Å². The second kappa shape index (κ2) is 6.56. The van der Waals surface area contributed by atoms with Crippen LogP contribution in [0.15, 0.2) is 97.2 Å². The molecule has 2 aromatic heterocycles. The van der Waals surface area contributed by atoms with Crippen LogP contribution in [-0.2, 0) is 0 Å². The maximum absolute atomic E-state index is 5.20. The fourth-order valence-electron chi connectivity index (χ4n) is 4.29. The van der Waals surface area contributed by atoms with E-state index in [0.29, 0.717) is 0 Å². The molecule has 0 atom stereocenters. The predicted octanol–water partition coefficient (Wildman–Crippen LogP) is 4.65. The second-order valence-corrected chi connectivity index (χ2v) is 7.61. The van der Waals surface area contributed by atoms with Crippen LogP contribution in [0.25, 0.3) is 49.8 Å². The number of benzene rings is 4. The van der Waals surface area contributed by atoms with Gasteiger partial charge in [-0.1, -0.05) is 72.2 Å². The highest BCUT2D eigenvalue weighted by Gasteiger charge is 2.20. The molecule has 0 aliphatic heterocycles. The van der Waals surface area contributed by atoms with E-state index in [1.807, 2.05) is 18.3 Å². The van der Waals surface area contributed by atoms with Gasteiger partial charge in [0, 0.05) is 33.6 Å². The van der Waals surface area contributed by atoms with E-state index in [9.17, 15) is 0 Å². The molecule has 0 aliphatic rings. The molecule has 0 aliphatic carbocycles. The lowest BCUT2D eigenvalue weighted by atomic mass is 9.96. The van der Waals surface area contributed by atoms with Crippen molar-refractivity contribution in [1.82, 2.24) is 14.5 Å². The third kappa shape index (κ3) is 2.47. The molecule has 0 unspecified atom stereocenters. The van der Waals surface area contributed by atoms with Gasteiger partial charge in [-0.25, -0.2) is 4.98 Å². The minimum atomic E-state index is 0.941. The van der Waals surface area contributed by atoms with Crippen LogP contribution in [0.5, 0.6) is 0 Å². The SMILES string of the molecule is Bc1ccc(-n2c(-c3ccccc3)nc3c4ccccc4c4ncccc4c32)cc1. The van der Waals surface area contributed by atoms with Gasteiger partial charge in [-0.2, -0.15) is 0 Å². The van der Waals surface area contributed by atoms with E-state index in [-0.39, 0.29) is 0 Å². The summed E-state index contributed by atoms with van der Waals surface area (Å²) < 4.78 is 2.28. The molecule has 140 valence electrons. The number of nitrogens with zero attached hydrogens (tertiary/aromatic N) is 3. The van der Waals surface area contributed by atoms with Crippen LogP contribution in [0.1, 0.15) is 0 Å². The Kier molecular flexibility index (Phi) is 3.72. The van der Waals surface area contributed by atoms with E-state index in [1.165, 1.54) is 5.46 Å². The van der Waals surface area contributed by atoms with Gasteiger partial charge in [0.25, 0.3) is 0 Å². The van der Waals surface area contributed by atoms with Crippen molar-refractivity contribution in [3.05, 3.63) is 97.2 Å². The van der Waals surface area contributed by atoms with E-state index in [0.717, 1.165) is 49.8 Å². The van der Waals surface area contributed by atoms with Crippen molar-refractivity contribution in [2.24, 2.45) is 0 Å². The molecule has 30 heavy (non-hydrogen) atoms. The molecule has 0 radical (unpaired) electrons. The molecular weight excluding hydrogens is 365 g/mol. The van der Waals surface area contributed by atoms with Crippen molar-refractivity contribution >= 4 is 46.0 Å². The topological polar surface area (TPSA) is 30.7 Å². The van der Waals surface area contributed by atoms with Crippen LogP contribution in [0, 0.1) is 0 Å². The molecule has 0 spiro atoms. The minimum Gasteiger partial charge on any atom is -0.292 e. The van der Waals surface area contributed by atoms with Crippen molar-refractivity contribution < 1.29 is 0 Å². The van der Waals surface area contributed by atoms with Gasteiger partial charge >= 0.3 is 0 Å². The van der Waals surface area contributed by atoms with E-state index in [1.54, 1.807) is 0 Å². The van der Waals surface area contributed by atoms with Crippen LogP contribution in [0.3, 0.4) is 0 Å². The summed E-state index contributed by atoms with van der Waals surface area (Å²) in [5.74, 6) is 0.941. The lowest BCUT2D eigenvalue weighted by molar-refractivity contribution is 1.11. The molecule has 0 bridgehead atoms. The summed E-state index contributed by atoms with van der Waals surface area (Å²) in [6, 6.07) is 31.6. The summed E-state index contributed by atoms with van der Waals surface area (Å²) in [7, 11) is 2.11. The molecule has 0 saturated heterocycles. The number of aromatic nitrogens is 3. The van der Waals surface area contributed by atoms with E-state index in [4.69, 9.17) is 9.97 Å². The van der Waals surface area contributed by atoms with Gasteiger partial charge in [0.2, 0.25) is 0 Å². The van der Waals surface area contributed by atoms with Crippen LogP contribution in [-0.4, -0.2) is 22.4 Å². The van der Waals surface area contributed by atoms with Crippen molar-refractivity contribution in [2.75, 3.05) is 0 Å². The largest absolute Gasteiger partial charge is 0.292 e. The van der Waals surface area contributed by atoms with Gasteiger partial charge in [-0.15, -0.1) is 0 Å². The molecule has 0 fully saturated rings. The van der Waals surface area contributed by atoms with Crippen molar-refractivity contribution in [3.63, 3.8) is 0 Å². The van der Waals surface area contributed by atoms with Crippen molar-refractivity contribution in [2.45, 2.75) is 0 Å². The lowest BCUT2D eigenvalue weighted by Crippen LogP contribution is -2.04. The highest BCUT2D eigenvalue weighted by atomic mass is 15.1. The lowest BCUT2D eigenvalue weighted by Gasteiger charge is -2.12. The van der Waals surface area contributed by atoms with Crippen molar-refractivity contribution in [3.8, 4) is 17.1 Å². The summed E-state index contributed by atoms with van der Waals surface area (Å²) in [6.45, 7) is 0. The second-order valence-electron chi connectivity index (χ2n) is 7.61. The van der Waals surface area contributed by atoms with Gasteiger partial charge in [-0.3, -0.25) is 9.55 Å². The zero-order chi connectivity index (χ0) is 20.1. The number of hydrogen-bond donors (Lipinski definition) is 0. The summed E-state index contributed by atoms with van der Waals surface area (Å²) in [6.07, 6.45) is 1.87. The van der Waals surface area contributed by atoms with E-state index >= 15 is 0 Å². The molecule has 2 heterocycles. The number of pyridine rings is 1. The van der Waals surface area contributed by atoms with Crippen LogP contribution < -0.4 is 5.46 Å². The molecule has 0 amide bonds. The normalized spacial score (nSPS) is 11.5. The first-order chi connectivity index (χ1) is 14.8. The molecule has 4 aromatic carbocycles. The van der Waals surface area contributed by atoms with Crippen molar-refractivity contribution in [1.29, 1.82) is 0 Å². The molecular formula is C26H18BN3. The number of fused-ring (bicyclic) bond motifs is 6. The summed E-state index contributed by atoms with van der Waals surface area (Å²) in [5, 5.41) is 3.37. The summed E-state index contributed by atoms with van der Waals surface area (Å²) in [5.41, 5.74) is 6.54. The Balaban J connectivity index is 1.87. The third-order valence-electron chi connectivity index (χ3n) is 5.70. The predicted molar refractivity (Wildman–Crippen MR) is 127 cm³/mol. The maximum atomic E-state index is 5.20. The Labute approximate surface area is 175 Å². The first-order valence-electron chi connectivity index (χ1n) is 10.1. The third-order valence-corrected chi connectivity index (χ3v) is 5.70. The standard InChI is InChI=1S/C26H18BN3/c27-18-12-14-19(15-13-18)30-25-22-11-6-16-28-23(22)20-9-4-5-10-21(20)24(25)29-26(30)17-7-2-1-3-8-17/h1-16H,27H2. The Morgan fingerprint density at radius 2 is 1.30 bits per heavy atom. The van der Waals surface area contributed by atoms with Gasteiger partial charge < -0.3 is 0 Å². The smallest absolute Gasteiger partial charge is 0.145 e. The number of hydrogen-bond acceptors (Lipinski definition) is 2. The van der Waals surface area contributed by atoms with Gasteiger partial charge in [0.1, 0.15) is 13.7 Å². The fourth-order valence-corrected chi connectivity index (χ4v) is 4.29. The van der Waals surface area contributed by atoms with Crippen LogP contribution in [0.4, 0.5) is 0 Å². The highest BCUT2D eigenvalue weighted by Crippen LogP contribution is 2.38. The first-order valence-corrected chi connectivity index (χ1v) is 10.1.